The molecule has 0 aliphatic rings. The van der Waals surface area contributed by atoms with Gasteiger partial charge in [0.2, 0.25) is 5.78 Å². The third-order valence-corrected chi connectivity index (χ3v) is 6.90. The molecule has 0 bridgehead atoms. The number of benzene rings is 1. The molecule has 5 nitrogen and oxygen atoms in total. The normalized spacial score (nSPS) is 11.9. The largest absolute Gasteiger partial charge is 0.268 e. The Kier molecular flexibility index (Phi) is 4.82. The maximum Gasteiger partial charge on any atom is 0.268 e. The molecule has 0 spiro atoms. The Balaban J connectivity index is 2.02. The van der Waals surface area contributed by atoms with Crippen molar-refractivity contribution in [1.82, 2.24) is 19.2 Å². The number of hydrogen-bond donors (Lipinski definition) is 0. The van der Waals surface area contributed by atoms with Crippen LogP contribution in [0.1, 0.15) is 30.7 Å². The van der Waals surface area contributed by atoms with Crippen molar-refractivity contribution in [3.05, 3.63) is 51.1 Å². The number of para-hydroxylation sites is 1. The second-order valence-electron chi connectivity index (χ2n) is 7.09. The molecule has 3 heterocycles. The van der Waals surface area contributed by atoms with Crippen LogP contribution in [0.15, 0.2) is 40.3 Å². The van der Waals surface area contributed by atoms with Gasteiger partial charge in [-0.2, -0.15) is 0 Å². The Morgan fingerprint density at radius 1 is 1.15 bits per heavy atom. The van der Waals surface area contributed by atoms with Crippen LogP contribution in [0.5, 0.6) is 0 Å². The molecule has 140 valence electrons. The molecular weight excluding hydrogens is 376 g/mol. The van der Waals surface area contributed by atoms with Gasteiger partial charge in [0.15, 0.2) is 5.16 Å². The standard InChI is InChI=1S/C20H22N4OS2/c1-12(2)10-11-26-20-22-21-19-23(15-8-6-5-7-9-15)17(25)16-13(3)14(4)27-18(16)24(19)20/h5-9,12H,10-11H2,1-4H3. The summed E-state index contributed by atoms with van der Waals surface area (Å²) in [5.41, 5.74) is 1.82. The first-order chi connectivity index (χ1) is 13.0. The van der Waals surface area contributed by atoms with Gasteiger partial charge in [0.05, 0.1) is 11.1 Å². The minimum atomic E-state index is -0.0309. The third kappa shape index (κ3) is 3.08. The fraction of sp³-hybridized carbons (Fsp3) is 0.350. The van der Waals surface area contributed by atoms with Crippen LogP contribution in [0.3, 0.4) is 0 Å². The highest BCUT2D eigenvalue weighted by Crippen LogP contribution is 2.32. The summed E-state index contributed by atoms with van der Waals surface area (Å²) < 4.78 is 3.74. The highest BCUT2D eigenvalue weighted by Gasteiger charge is 2.21. The molecule has 0 aliphatic heterocycles. The topological polar surface area (TPSA) is 52.2 Å². The Labute approximate surface area is 166 Å². The molecule has 4 aromatic rings. The van der Waals surface area contributed by atoms with Crippen molar-refractivity contribution < 1.29 is 0 Å². The predicted octanol–water partition coefficient (Wildman–Crippen LogP) is 4.85. The number of thiophene rings is 1. The summed E-state index contributed by atoms with van der Waals surface area (Å²) in [7, 11) is 0. The monoisotopic (exact) mass is 398 g/mol. The van der Waals surface area contributed by atoms with Crippen molar-refractivity contribution in [2.75, 3.05) is 5.75 Å². The second kappa shape index (κ2) is 7.13. The second-order valence-corrected chi connectivity index (χ2v) is 9.35. The quantitative estimate of drug-likeness (QED) is 0.451. The van der Waals surface area contributed by atoms with E-state index in [1.165, 1.54) is 0 Å². The van der Waals surface area contributed by atoms with Crippen LogP contribution < -0.4 is 5.56 Å². The van der Waals surface area contributed by atoms with Crippen LogP contribution in [-0.4, -0.2) is 24.9 Å². The lowest BCUT2D eigenvalue weighted by Crippen LogP contribution is -2.21. The van der Waals surface area contributed by atoms with E-state index in [9.17, 15) is 4.79 Å². The lowest BCUT2D eigenvalue weighted by atomic mass is 10.2. The minimum absolute atomic E-state index is 0.0309. The van der Waals surface area contributed by atoms with Crippen LogP contribution in [-0.2, 0) is 0 Å². The SMILES string of the molecule is Cc1sc2c(c1C)c(=O)n(-c1ccccc1)c1nnc(SCCC(C)C)n21. The summed E-state index contributed by atoms with van der Waals surface area (Å²) in [6.07, 6.45) is 1.11. The number of rotatable bonds is 5. The van der Waals surface area contributed by atoms with E-state index >= 15 is 0 Å². The number of nitrogens with zero attached hydrogens (tertiary/aromatic N) is 4. The van der Waals surface area contributed by atoms with Gasteiger partial charge < -0.3 is 0 Å². The highest BCUT2D eigenvalue weighted by molar-refractivity contribution is 7.99. The highest BCUT2D eigenvalue weighted by atomic mass is 32.2. The van der Waals surface area contributed by atoms with E-state index in [0.29, 0.717) is 11.7 Å². The number of thioether (sulfide) groups is 1. The third-order valence-electron chi connectivity index (χ3n) is 4.74. The van der Waals surface area contributed by atoms with Gasteiger partial charge in [-0.3, -0.25) is 4.79 Å². The Hall–Kier alpha value is -2.12. The molecule has 0 N–H and O–H groups in total. The van der Waals surface area contributed by atoms with Crippen molar-refractivity contribution in [2.45, 2.75) is 39.3 Å². The number of aromatic nitrogens is 4. The summed E-state index contributed by atoms with van der Waals surface area (Å²) >= 11 is 3.35. The summed E-state index contributed by atoms with van der Waals surface area (Å²) in [5, 5.41) is 10.4. The molecular formula is C20H22N4OS2. The average molecular weight is 399 g/mol. The molecule has 3 aromatic heterocycles. The summed E-state index contributed by atoms with van der Waals surface area (Å²) in [6.45, 7) is 8.53. The lowest BCUT2D eigenvalue weighted by Gasteiger charge is -2.09. The van der Waals surface area contributed by atoms with Gasteiger partial charge in [0, 0.05) is 10.6 Å². The van der Waals surface area contributed by atoms with Crippen molar-refractivity contribution in [1.29, 1.82) is 0 Å². The molecule has 4 rings (SSSR count). The predicted molar refractivity (Wildman–Crippen MR) is 114 cm³/mol. The molecule has 27 heavy (non-hydrogen) atoms. The van der Waals surface area contributed by atoms with E-state index in [1.54, 1.807) is 27.7 Å². The smallest absolute Gasteiger partial charge is 0.268 e. The van der Waals surface area contributed by atoms with Crippen LogP contribution >= 0.6 is 23.1 Å². The molecule has 0 unspecified atom stereocenters. The van der Waals surface area contributed by atoms with Gasteiger partial charge in [-0.1, -0.05) is 43.8 Å². The van der Waals surface area contributed by atoms with Gasteiger partial charge in [0.1, 0.15) is 4.83 Å². The number of aryl methyl sites for hydroxylation is 2. The lowest BCUT2D eigenvalue weighted by molar-refractivity contribution is 0.631. The number of hydrogen-bond acceptors (Lipinski definition) is 5. The minimum Gasteiger partial charge on any atom is -0.268 e. The van der Waals surface area contributed by atoms with Crippen molar-refractivity contribution >= 4 is 39.1 Å². The summed E-state index contributed by atoms with van der Waals surface area (Å²) in [6, 6.07) is 9.68. The zero-order chi connectivity index (χ0) is 19.1. The molecule has 0 radical (unpaired) electrons. The van der Waals surface area contributed by atoms with E-state index < -0.39 is 0 Å². The van der Waals surface area contributed by atoms with Crippen LogP contribution in [0, 0.1) is 19.8 Å². The van der Waals surface area contributed by atoms with Crippen LogP contribution in [0.2, 0.25) is 0 Å². The Morgan fingerprint density at radius 2 is 1.89 bits per heavy atom. The van der Waals surface area contributed by atoms with Crippen LogP contribution in [0.4, 0.5) is 0 Å². The van der Waals surface area contributed by atoms with E-state index in [4.69, 9.17) is 0 Å². The molecule has 0 atom stereocenters. The summed E-state index contributed by atoms with van der Waals surface area (Å²) in [5.74, 6) is 2.20. The molecule has 0 aliphatic carbocycles. The van der Waals surface area contributed by atoms with Gasteiger partial charge in [-0.25, -0.2) is 8.97 Å². The van der Waals surface area contributed by atoms with E-state index in [1.807, 2.05) is 37.3 Å². The van der Waals surface area contributed by atoms with E-state index in [0.717, 1.165) is 43.7 Å². The molecule has 7 heteroatoms. The van der Waals surface area contributed by atoms with Crippen molar-refractivity contribution in [3.8, 4) is 5.69 Å². The van der Waals surface area contributed by atoms with E-state index in [2.05, 4.69) is 35.4 Å². The maximum atomic E-state index is 13.4. The first-order valence-corrected chi connectivity index (χ1v) is 10.9. The first kappa shape index (κ1) is 18.3. The molecule has 0 saturated heterocycles. The fourth-order valence-electron chi connectivity index (χ4n) is 3.09. The van der Waals surface area contributed by atoms with Gasteiger partial charge in [0.25, 0.3) is 5.56 Å². The number of fused-ring (bicyclic) bond motifs is 3. The average Bonchev–Trinajstić information content (AvgIpc) is 3.18. The molecule has 0 saturated carbocycles. The zero-order valence-electron chi connectivity index (χ0n) is 15.9. The van der Waals surface area contributed by atoms with E-state index in [-0.39, 0.29) is 5.56 Å². The Bertz CT molecular complexity index is 1170. The van der Waals surface area contributed by atoms with Crippen LogP contribution in [0.25, 0.3) is 21.7 Å². The first-order valence-electron chi connectivity index (χ1n) is 9.07. The van der Waals surface area contributed by atoms with Gasteiger partial charge >= 0.3 is 0 Å². The maximum absolute atomic E-state index is 13.4. The molecule has 0 fully saturated rings. The van der Waals surface area contributed by atoms with Gasteiger partial charge in [-0.05, 0) is 43.9 Å². The van der Waals surface area contributed by atoms with Gasteiger partial charge in [-0.15, -0.1) is 21.5 Å². The molecule has 0 amide bonds. The Morgan fingerprint density at radius 3 is 2.59 bits per heavy atom. The van der Waals surface area contributed by atoms with Crippen molar-refractivity contribution in [3.63, 3.8) is 0 Å². The fourth-order valence-corrected chi connectivity index (χ4v) is 5.47. The zero-order valence-corrected chi connectivity index (χ0v) is 17.5. The summed E-state index contributed by atoms with van der Waals surface area (Å²) in [4.78, 5) is 15.5. The van der Waals surface area contributed by atoms with Crippen molar-refractivity contribution in [2.24, 2.45) is 5.92 Å². The molecule has 1 aromatic carbocycles.